The predicted octanol–water partition coefficient (Wildman–Crippen LogP) is 4.96. The maximum Gasteiger partial charge on any atom is 0.0344 e. The number of likely N-dealkylation sites (tertiary alicyclic amines) is 1. The third-order valence-electron chi connectivity index (χ3n) is 4.54. The summed E-state index contributed by atoms with van der Waals surface area (Å²) in [7, 11) is 0. The Morgan fingerprint density at radius 3 is 2.33 bits per heavy atom. The van der Waals surface area contributed by atoms with E-state index in [2.05, 4.69) is 71.7 Å². The summed E-state index contributed by atoms with van der Waals surface area (Å²) < 4.78 is 0. The highest BCUT2D eigenvalue weighted by Gasteiger charge is 2.18. The van der Waals surface area contributed by atoms with Crippen LogP contribution in [0.4, 0.5) is 5.69 Å². The number of hydrogen-bond acceptors (Lipinski definition) is 2. The van der Waals surface area contributed by atoms with Crippen LogP contribution in [0.15, 0.2) is 54.6 Å². The second-order valence-corrected chi connectivity index (χ2v) is 6.37. The molecule has 2 nitrogen and oxygen atoms in total. The minimum Gasteiger partial charge on any atom is -0.382 e. The van der Waals surface area contributed by atoms with Gasteiger partial charge >= 0.3 is 0 Å². The van der Waals surface area contributed by atoms with Gasteiger partial charge in [0.05, 0.1) is 0 Å². The van der Waals surface area contributed by atoms with E-state index in [0.717, 1.165) is 6.42 Å². The lowest BCUT2D eigenvalue weighted by Crippen LogP contribution is -2.40. The maximum atomic E-state index is 3.69. The Morgan fingerprint density at radius 2 is 1.67 bits per heavy atom. The molecule has 3 rings (SSSR count). The van der Waals surface area contributed by atoms with Crippen LogP contribution in [0.3, 0.4) is 0 Å². The Labute approximate surface area is 158 Å². The van der Waals surface area contributed by atoms with Gasteiger partial charge < -0.3 is 10.2 Å². The lowest BCUT2D eigenvalue weighted by molar-refractivity contribution is 0.221. The minimum absolute atomic E-state index is 0. The van der Waals surface area contributed by atoms with Crippen molar-refractivity contribution in [3.05, 3.63) is 65.7 Å². The Hall–Kier alpha value is -1.22. The zero-order valence-electron chi connectivity index (χ0n) is 14.3. The third kappa shape index (κ3) is 6.35. The molecule has 2 aromatic rings. The highest BCUT2D eigenvalue weighted by atomic mass is 35.5. The van der Waals surface area contributed by atoms with E-state index < -0.39 is 0 Å². The van der Waals surface area contributed by atoms with Crippen molar-refractivity contribution in [3.63, 3.8) is 0 Å². The van der Waals surface area contributed by atoms with E-state index in [1.807, 2.05) is 0 Å². The summed E-state index contributed by atoms with van der Waals surface area (Å²) in [6.45, 7) is 5.74. The van der Waals surface area contributed by atoms with E-state index in [4.69, 9.17) is 0 Å². The molecule has 0 radical (unpaired) electrons. The molecule has 1 aliphatic rings. The van der Waals surface area contributed by atoms with Crippen molar-refractivity contribution >= 4 is 30.5 Å². The smallest absolute Gasteiger partial charge is 0.0344 e. The van der Waals surface area contributed by atoms with E-state index in [1.165, 1.54) is 49.3 Å². The number of benzene rings is 2. The summed E-state index contributed by atoms with van der Waals surface area (Å²) in [5.74, 6) is 0. The molecule has 4 heteroatoms. The molecule has 2 aromatic carbocycles. The standard InChI is InChI=1S/C20H26N2.2ClH/c1-17-6-5-9-20(16-17)21-19-11-14-22(15-12-19)13-10-18-7-3-2-4-8-18;;/h2-9,16,19,21H,10-15H2,1H3;2*1H. The summed E-state index contributed by atoms with van der Waals surface area (Å²) in [5.41, 5.74) is 4.04. The van der Waals surface area contributed by atoms with Crippen molar-refractivity contribution in [1.29, 1.82) is 0 Å². The highest BCUT2D eigenvalue weighted by molar-refractivity contribution is 5.85. The molecule has 0 amide bonds. The molecule has 0 aliphatic carbocycles. The molecule has 0 spiro atoms. The second kappa shape index (κ2) is 10.6. The van der Waals surface area contributed by atoms with Crippen molar-refractivity contribution in [3.8, 4) is 0 Å². The first kappa shape index (κ1) is 20.8. The third-order valence-corrected chi connectivity index (χ3v) is 4.54. The molecule has 0 saturated carbocycles. The number of rotatable bonds is 5. The quantitative estimate of drug-likeness (QED) is 0.804. The summed E-state index contributed by atoms with van der Waals surface area (Å²) >= 11 is 0. The SMILES string of the molecule is Cc1cccc(NC2CCN(CCc3ccccc3)CC2)c1.Cl.Cl. The van der Waals surface area contributed by atoms with Crippen LogP contribution in [0.2, 0.25) is 0 Å². The van der Waals surface area contributed by atoms with E-state index in [0.29, 0.717) is 6.04 Å². The average molecular weight is 367 g/mol. The minimum atomic E-state index is 0. The van der Waals surface area contributed by atoms with Gasteiger partial charge in [-0.25, -0.2) is 0 Å². The summed E-state index contributed by atoms with van der Waals surface area (Å²) in [6, 6.07) is 20.1. The van der Waals surface area contributed by atoms with Crippen LogP contribution in [0.25, 0.3) is 0 Å². The molecule has 24 heavy (non-hydrogen) atoms. The monoisotopic (exact) mass is 366 g/mol. The van der Waals surface area contributed by atoms with Crippen molar-refractivity contribution in [1.82, 2.24) is 4.90 Å². The highest BCUT2D eigenvalue weighted by Crippen LogP contribution is 2.18. The first-order valence-corrected chi connectivity index (χ1v) is 8.39. The van der Waals surface area contributed by atoms with Gasteiger partial charge in [-0.3, -0.25) is 0 Å². The van der Waals surface area contributed by atoms with Crippen LogP contribution in [0.1, 0.15) is 24.0 Å². The number of hydrogen-bond donors (Lipinski definition) is 1. The number of anilines is 1. The molecular formula is C20H28Cl2N2. The lowest BCUT2D eigenvalue weighted by atomic mass is 10.0. The van der Waals surface area contributed by atoms with Crippen molar-refractivity contribution in [2.75, 3.05) is 25.0 Å². The Kier molecular flexibility index (Phi) is 9.20. The van der Waals surface area contributed by atoms with Crippen molar-refractivity contribution < 1.29 is 0 Å². The molecule has 0 aromatic heterocycles. The van der Waals surface area contributed by atoms with Gasteiger partial charge in [-0.05, 0) is 49.4 Å². The molecule has 132 valence electrons. The van der Waals surface area contributed by atoms with Gasteiger partial charge in [-0.1, -0.05) is 42.5 Å². The number of piperidine rings is 1. The zero-order chi connectivity index (χ0) is 15.2. The predicted molar refractivity (Wildman–Crippen MR) is 109 cm³/mol. The van der Waals surface area contributed by atoms with Crippen molar-refractivity contribution in [2.24, 2.45) is 0 Å². The van der Waals surface area contributed by atoms with E-state index >= 15 is 0 Å². The Bertz CT molecular complexity index is 581. The molecule has 1 fully saturated rings. The number of aryl methyl sites for hydroxylation is 1. The van der Waals surface area contributed by atoms with Crippen LogP contribution in [-0.4, -0.2) is 30.6 Å². The number of nitrogens with one attached hydrogen (secondary N) is 1. The molecule has 0 bridgehead atoms. The fourth-order valence-corrected chi connectivity index (χ4v) is 3.20. The van der Waals surface area contributed by atoms with Crippen LogP contribution in [-0.2, 0) is 6.42 Å². The summed E-state index contributed by atoms with van der Waals surface area (Å²) in [6.07, 6.45) is 3.64. The molecule has 1 saturated heterocycles. The van der Waals surface area contributed by atoms with E-state index in [9.17, 15) is 0 Å². The van der Waals surface area contributed by atoms with E-state index in [-0.39, 0.29) is 24.8 Å². The van der Waals surface area contributed by atoms with Gasteiger partial charge in [0.15, 0.2) is 0 Å². The van der Waals surface area contributed by atoms with Gasteiger partial charge in [0, 0.05) is 31.4 Å². The first-order chi connectivity index (χ1) is 10.8. The average Bonchev–Trinajstić information content (AvgIpc) is 2.55. The fourth-order valence-electron chi connectivity index (χ4n) is 3.20. The largest absolute Gasteiger partial charge is 0.382 e. The van der Waals surface area contributed by atoms with Gasteiger partial charge in [0.2, 0.25) is 0 Å². The lowest BCUT2D eigenvalue weighted by Gasteiger charge is -2.33. The molecule has 1 aliphatic heterocycles. The van der Waals surface area contributed by atoms with Crippen molar-refractivity contribution in [2.45, 2.75) is 32.2 Å². The van der Waals surface area contributed by atoms with Crippen LogP contribution < -0.4 is 5.32 Å². The molecular weight excluding hydrogens is 339 g/mol. The normalized spacial score (nSPS) is 15.2. The number of halogens is 2. The summed E-state index contributed by atoms with van der Waals surface area (Å²) in [4.78, 5) is 2.60. The number of nitrogens with zero attached hydrogens (tertiary/aromatic N) is 1. The Morgan fingerprint density at radius 1 is 0.958 bits per heavy atom. The zero-order valence-corrected chi connectivity index (χ0v) is 15.9. The van der Waals surface area contributed by atoms with Gasteiger partial charge in [-0.15, -0.1) is 24.8 Å². The van der Waals surface area contributed by atoms with Gasteiger partial charge in [0.25, 0.3) is 0 Å². The van der Waals surface area contributed by atoms with Gasteiger partial charge in [-0.2, -0.15) is 0 Å². The second-order valence-electron chi connectivity index (χ2n) is 6.37. The first-order valence-electron chi connectivity index (χ1n) is 8.39. The van der Waals surface area contributed by atoms with Gasteiger partial charge in [0.1, 0.15) is 0 Å². The maximum absolute atomic E-state index is 3.69. The molecule has 1 N–H and O–H groups in total. The van der Waals surface area contributed by atoms with Crippen LogP contribution in [0, 0.1) is 6.92 Å². The topological polar surface area (TPSA) is 15.3 Å². The molecule has 1 heterocycles. The fraction of sp³-hybridized carbons (Fsp3) is 0.400. The Balaban J connectivity index is 0.00000144. The van der Waals surface area contributed by atoms with Crippen LogP contribution >= 0.6 is 24.8 Å². The molecule has 0 unspecified atom stereocenters. The van der Waals surface area contributed by atoms with E-state index in [1.54, 1.807) is 0 Å². The molecule has 0 atom stereocenters. The summed E-state index contributed by atoms with van der Waals surface area (Å²) in [5, 5.41) is 3.69. The van der Waals surface area contributed by atoms with Crippen LogP contribution in [0.5, 0.6) is 0 Å².